The van der Waals surface area contributed by atoms with Gasteiger partial charge in [-0.25, -0.2) is 0 Å². The first-order valence-corrected chi connectivity index (χ1v) is 6.35. The molecule has 1 aromatic carbocycles. The topological polar surface area (TPSA) is 35.9 Å². The number of aromatic hydroxyl groups is 1. The van der Waals surface area contributed by atoms with E-state index in [1.807, 2.05) is 12.1 Å². The maximum Gasteiger partial charge on any atom is 0.123 e. The maximum atomic E-state index is 9.94. The van der Waals surface area contributed by atoms with Gasteiger partial charge in [0.15, 0.2) is 0 Å². The number of hydrogen-bond donors (Lipinski definition) is 1. The van der Waals surface area contributed by atoms with E-state index in [1.165, 1.54) is 6.42 Å². The Morgan fingerprint density at radius 3 is 2.78 bits per heavy atom. The van der Waals surface area contributed by atoms with Crippen LogP contribution in [-0.4, -0.2) is 55.2 Å². The first kappa shape index (κ1) is 13.2. The van der Waals surface area contributed by atoms with Gasteiger partial charge in [0.25, 0.3) is 0 Å². The standard InChI is InChI=1S/C14H22N2O2/c1-15(2)12-6-7-16(10-12)9-11-4-5-13(18-3)8-14(11)17/h4-5,8,12,17H,6-7,9-10H2,1-3H3. The third-order valence-corrected chi connectivity index (χ3v) is 3.66. The summed E-state index contributed by atoms with van der Waals surface area (Å²) in [4.78, 5) is 4.65. The van der Waals surface area contributed by atoms with Gasteiger partial charge in [-0.05, 0) is 26.6 Å². The van der Waals surface area contributed by atoms with Gasteiger partial charge in [-0.2, -0.15) is 0 Å². The van der Waals surface area contributed by atoms with Crippen molar-refractivity contribution in [3.63, 3.8) is 0 Å². The minimum Gasteiger partial charge on any atom is -0.507 e. The molecule has 1 fully saturated rings. The number of hydrogen-bond acceptors (Lipinski definition) is 4. The molecule has 1 saturated heterocycles. The molecule has 1 N–H and O–H groups in total. The van der Waals surface area contributed by atoms with Crippen LogP contribution in [0.3, 0.4) is 0 Å². The highest BCUT2D eigenvalue weighted by Crippen LogP contribution is 2.26. The second-order valence-corrected chi connectivity index (χ2v) is 5.14. The Balaban J connectivity index is 1.98. The van der Waals surface area contributed by atoms with Crippen molar-refractivity contribution in [2.24, 2.45) is 0 Å². The molecule has 18 heavy (non-hydrogen) atoms. The Kier molecular flexibility index (Phi) is 4.09. The molecular formula is C14H22N2O2. The zero-order valence-electron chi connectivity index (χ0n) is 11.4. The van der Waals surface area contributed by atoms with E-state index in [0.717, 1.165) is 25.2 Å². The van der Waals surface area contributed by atoms with E-state index < -0.39 is 0 Å². The third-order valence-electron chi connectivity index (χ3n) is 3.66. The van der Waals surface area contributed by atoms with Crippen LogP contribution in [0.15, 0.2) is 18.2 Å². The van der Waals surface area contributed by atoms with Crippen molar-refractivity contribution in [3.8, 4) is 11.5 Å². The molecule has 0 spiro atoms. The lowest BCUT2D eigenvalue weighted by atomic mass is 10.2. The molecule has 2 rings (SSSR count). The third kappa shape index (κ3) is 2.94. The summed E-state index contributed by atoms with van der Waals surface area (Å²) in [5.74, 6) is 1.02. The fourth-order valence-electron chi connectivity index (χ4n) is 2.42. The Labute approximate surface area is 109 Å². The van der Waals surface area contributed by atoms with E-state index in [4.69, 9.17) is 4.74 Å². The highest BCUT2D eigenvalue weighted by Gasteiger charge is 2.24. The highest BCUT2D eigenvalue weighted by molar-refractivity contribution is 5.39. The Morgan fingerprint density at radius 2 is 2.22 bits per heavy atom. The molecule has 100 valence electrons. The smallest absolute Gasteiger partial charge is 0.123 e. The first-order valence-electron chi connectivity index (χ1n) is 6.35. The molecule has 0 saturated carbocycles. The van der Waals surface area contributed by atoms with Crippen LogP contribution in [0.1, 0.15) is 12.0 Å². The Bertz CT molecular complexity index is 407. The summed E-state index contributed by atoms with van der Waals surface area (Å²) >= 11 is 0. The second-order valence-electron chi connectivity index (χ2n) is 5.14. The Hall–Kier alpha value is -1.26. The predicted molar refractivity (Wildman–Crippen MR) is 72.0 cm³/mol. The number of methoxy groups -OCH3 is 1. The summed E-state index contributed by atoms with van der Waals surface area (Å²) in [5.41, 5.74) is 0.968. The molecule has 0 amide bonds. The van der Waals surface area contributed by atoms with E-state index in [2.05, 4.69) is 23.9 Å². The fraction of sp³-hybridized carbons (Fsp3) is 0.571. The molecule has 1 aliphatic heterocycles. The van der Waals surface area contributed by atoms with Gasteiger partial charge in [0.2, 0.25) is 0 Å². The normalized spacial score (nSPS) is 20.6. The number of likely N-dealkylation sites (N-methyl/N-ethyl adjacent to an activating group) is 1. The molecule has 1 aromatic rings. The minimum atomic E-state index is 0.322. The van der Waals surface area contributed by atoms with Gasteiger partial charge in [0.1, 0.15) is 11.5 Å². The van der Waals surface area contributed by atoms with E-state index in [0.29, 0.717) is 17.5 Å². The minimum absolute atomic E-state index is 0.322. The number of rotatable bonds is 4. The summed E-state index contributed by atoms with van der Waals surface area (Å²) in [6.45, 7) is 2.97. The van der Waals surface area contributed by atoms with Crippen molar-refractivity contribution in [1.82, 2.24) is 9.80 Å². The molecule has 4 heteroatoms. The van der Waals surface area contributed by atoms with E-state index in [1.54, 1.807) is 13.2 Å². The van der Waals surface area contributed by atoms with Crippen molar-refractivity contribution >= 4 is 0 Å². The Morgan fingerprint density at radius 1 is 1.44 bits per heavy atom. The number of nitrogens with zero attached hydrogens (tertiary/aromatic N) is 2. The number of phenols is 1. The van der Waals surface area contributed by atoms with Gasteiger partial charge in [0, 0.05) is 37.3 Å². The molecule has 1 atom stereocenters. The summed E-state index contributed by atoms with van der Waals surface area (Å²) in [6, 6.07) is 6.14. The number of benzene rings is 1. The van der Waals surface area contributed by atoms with Gasteiger partial charge < -0.3 is 14.7 Å². The molecule has 0 bridgehead atoms. The van der Waals surface area contributed by atoms with Crippen LogP contribution in [0.25, 0.3) is 0 Å². The molecule has 0 aliphatic carbocycles. The number of phenolic OH excluding ortho intramolecular Hbond substituents is 1. The highest BCUT2D eigenvalue weighted by atomic mass is 16.5. The molecule has 0 aromatic heterocycles. The maximum absolute atomic E-state index is 9.94. The SMILES string of the molecule is COc1ccc(CN2CCC(N(C)C)C2)c(O)c1. The molecule has 0 radical (unpaired) electrons. The van der Waals surface area contributed by atoms with Crippen LogP contribution in [0.4, 0.5) is 0 Å². The van der Waals surface area contributed by atoms with E-state index in [9.17, 15) is 5.11 Å². The molecule has 1 unspecified atom stereocenters. The second kappa shape index (κ2) is 5.59. The lowest BCUT2D eigenvalue weighted by molar-refractivity contribution is 0.262. The lowest BCUT2D eigenvalue weighted by Gasteiger charge is -2.20. The largest absolute Gasteiger partial charge is 0.507 e. The van der Waals surface area contributed by atoms with Gasteiger partial charge in [-0.1, -0.05) is 6.07 Å². The molecule has 1 aliphatic rings. The van der Waals surface area contributed by atoms with Crippen molar-refractivity contribution in [2.45, 2.75) is 19.0 Å². The van der Waals surface area contributed by atoms with Crippen LogP contribution >= 0.6 is 0 Å². The van der Waals surface area contributed by atoms with E-state index in [-0.39, 0.29) is 0 Å². The quantitative estimate of drug-likeness (QED) is 0.879. The number of likely N-dealkylation sites (tertiary alicyclic amines) is 1. The molecule has 1 heterocycles. The van der Waals surface area contributed by atoms with Crippen LogP contribution < -0.4 is 4.74 Å². The van der Waals surface area contributed by atoms with E-state index >= 15 is 0 Å². The fourth-order valence-corrected chi connectivity index (χ4v) is 2.42. The van der Waals surface area contributed by atoms with Gasteiger partial charge in [0.05, 0.1) is 7.11 Å². The average molecular weight is 250 g/mol. The van der Waals surface area contributed by atoms with Crippen LogP contribution in [0, 0.1) is 0 Å². The predicted octanol–water partition coefficient (Wildman–Crippen LogP) is 1.54. The zero-order chi connectivity index (χ0) is 13.1. The van der Waals surface area contributed by atoms with Crippen molar-refractivity contribution < 1.29 is 9.84 Å². The monoisotopic (exact) mass is 250 g/mol. The summed E-state index contributed by atoms with van der Waals surface area (Å²) < 4.78 is 5.09. The van der Waals surface area contributed by atoms with Gasteiger partial charge >= 0.3 is 0 Å². The van der Waals surface area contributed by atoms with Crippen LogP contribution in [-0.2, 0) is 6.54 Å². The van der Waals surface area contributed by atoms with Gasteiger partial charge in [-0.15, -0.1) is 0 Å². The summed E-state index contributed by atoms with van der Waals surface area (Å²) in [7, 11) is 5.86. The van der Waals surface area contributed by atoms with Crippen molar-refractivity contribution in [1.29, 1.82) is 0 Å². The van der Waals surface area contributed by atoms with Crippen molar-refractivity contribution in [2.75, 3.05) is 34.3 Å². The first-order chi connectivity index (χ1) is 8.60. The average Bonchev–Trinajstić information content (AvgIpc) is 2.80. The van der Waals surface area contributed by atoms with Crippen LogP contribution in [0.2, 0.25) is 0 Å². The summed E-state index contributed by atoms with van der Waals surface area (Å²) in [5, 5.41) is 9.94. The summed E-state index contributed by atoms with van der Waals surface area (Å²) in [6.07, 6.45) is 1.20. The van der Waals surface area contributed by atoms with Crippen LogP contribution in [0.5, 0.6) is 11.5 Å². The zero-order valence-corrected chi connectivity index (χ0v) is 11.4. The number of ether oxygens (including phenoxy) is 1. The molecule has 4 nitrogen and oxygen atoms in total. The van der Waals surface area contributed by atoms with Gasteiger partial charge in [-0.3, -0.25) is 4.90 Å². The lowest BCUT2D eigenvalue weighted by Crippen LogP contribution is -2.31. The molecular weight excluding hydrogens is 228 g/mol. The van der Waals surface area contributed by atoms with Crippen molar-refractivity contribution in [3.05, 3.63) is 23.8 Å².